The van der Waals surface area contributed by atoms with Crippen LogP contribution in [0.2, 0.25) is 0 Å². The van der Waals surface area contributed by atoms with Gasteiger partial charge in [0, 0.05) is 6.04 Å². The zero-order chi connectivity index (χ0) is 15.1. The summed E-state index contributed by atoms with van der Waals surface area (Å²) in [5.74, 6) is 2.95. The number of hydrogen-bond donors (Lipinski definition) is 1. The van der Waals surface area contributed by atoms with Gasteiger partial charge in [0.25, 0.3) is 0 Å². The molecule has 1 N–H and O–H groups in total. The lowest BCUT2D eigenvalue weighted by Crippen LogP contribution is -2.49. The molecule has 0 spiro atoms. The molecule has 2 fully saturated rings. The van der Waals surface area contributed by atoms with E-state index in [1.165, 1.54) is 49.7 Å². The van der Waals surface area contributed by atoms with Gasteiger partial charge in [0.15, 0.2) is 0 Å². The van der Waals surface area contributed by atoms with Crippen LogP contribution in [0.3, 0.4) is 0 Å². The van der Waals surface area contributed by atoms with E-state index >= 15 is 0 Å². The van der Waals surface area contributed by atoms with Gasteiger partial charge in [-0.2, -0.15) is 0 Å². The molecule has 1 aromatic carbocycles. The largest absolute Gasteiger partial charge is 0.353 e. The maximum Gasteiger partial charge on any atom is 0.228 e. The number of nitrogens with one attached hydrogen (secondary N) is 1. The van der Waals surface area contributed by atoms with Gasteiger partial charge in [0.1, 0.15) is 0 Å². The highest BCUT2D eigenvalue weighted by Gasteiger charge is 2.39. The average molecular weight is 297 g/mol. The van der Waals surface area contributed by atoms with Crippen LogP contribution in [0.25, 0.3) is 0 Å². The molecule has 1 aromatic rings. The zero-order valence-corrected chi connectivity index (χ0v) is 13.6. The van der Waals surface area contributed by atoms with E-state index in [0.717, 1.165) is 24.2 Å². The molecule has 5 unspecified atom stereocenters. The Morgan fingerprint density at radius 2 is 2.05 bits per heavy atom. The van der Waals surface area contributed by atoms with Crippen LogP contribution in [0, 0.1) is 17.8 Å². The number of benzene rings is 1. The highest BCUT2D eigenvalue weighted by atomic mass is 16.2. The van der Waals surface area contributed by atoms with Crippen molar-refractivity contribution in [2.75, 3.05) is 0 Å². The number of carbonyl (C=O) groups is 1. The summed E-state index contributed by atoms with van der Waals surface area (Å²) < 4.78 is 0. The summed E-state index contributed by atoms with van der Waals surface area (Å²) in [6.45, 7) is 2.32. The second-order valence-corrected chi connectivity index (χ2v) is 7.76. The molecule has 22 heavy (non-hydrogen) atoms. The monoisotopic (exact) mass is 297 g/mol. The van der Waals surface area contributed by atoms with Crippen LogP contribution in [0.1, 0.15) is 62.5 Å². The molecule has 4 rings (SSSR count). The predicted octanol–water partition coefficient (Wildman–Crippen LogP) is 4.05. The van der Waals surface area contributed by atoms with Gasteiger partial charge >= 0.3 is 0 Å². The van der Waals surface area contributed by atoms with E-state index in [1.54, 1.807) is 0 Å². The molecule has 0 aromatic heterocycles. The second-order valence-electron chi connectivity index (χ2n) is 7.76. The molecule has 2 saturated carbocycles. The van der Waals surface area contributed by atoms with E-state index < -0.39 is 0 Å². The first kappa shape index (κ1) is 14.3. The third kappa shape index (κ3) is 2.47. The smallest absolute Gasteiger partial charge is 0.228 e. The maximum atomic E-state index is 12.7. The van der Waals surface area contributed by atoms with Gasteiger partial charge in [-0.25, -0.2) is 0 Å². The Balaban J connectivity index is 1.40. The van der Waals surface area contributed by atoms with Gasteiger partial charge in [0.05, 0.1) is 5.92 Å². The van der Waals surface area contributed by atoms with E-state index in [9.17, 15) is 4.79 Å². The Morgan fingerprint density at radius 1 is 1.18 bits per heavy atom. The number of hydrogen-bond acceptors (Lipinski definition) is 1. The molecule has 1 amide bonds. The molecule has 2 heteroatoms. The third-order valence-electron chi connectivity index (χ3n) is 6.47. The molecule has 0 aliphatic heterocycles. The van der Waals surface area contributed by atoms with Gasteiger partial charge < -0.3 is 5.32 Å². The summed E-state index contributed by atoms with van der Waals surface area (Å²) in [5, 5.41) is 3.42. The van der Waals surface area contributed by atoms with Gasteiger partial charge in [-0.05, 0) is 67.4 Å². The van der Waals surface area contributed by atoms with E-state index in [0.29, 0.717) is 6.04 Å². The molecule has 0 heterocycles. The predicted molar refractivity (Wildman–Crippen MR) is 88.7 cm³/mol. The molecule has 118 valence electrons. The molecule has 0 saturated heterocycles. The maximum absolute atomic E-state index is 12.7. The molecule has 2 nitrogen and oxygen atoms in total. The summed E-state index contributed by atoms with van der Waals surface area (Å²) in [4.78, 5) is 12.7. The number of amides is 1. The first-order valence-corrected chi connectivity index (χ1v) is 9.12. The highest BCUT2D eigenvalue weighted by Crippen LogP contribution is 2.44. The number of carbonyl (C=O) groups excluding carboxylic acids is 1. The fourth-order valence-corrected chi connectivity index (χ4v) is 5.13. The van der Waals surface area contributed by atoms with Crippen molar-refractivity contribution in [3.05, 3.63) is 35.4 Å². The molecule has 3 aliphatic carbocycles. The Bertz CT molecular complexity index is 567. The van der Waals surface area contributed by atoms with Gasteiger partial charge in [0.2, 0.25) is 5.91 Å². The van der Waals surface area contributed by atoms with E-state index in [-0.39, 0.29) is 11.8 Å². The lowest BCUT2D eigenvalue weighted by atomic mass is 9.65. The van der Waals surface area contributed by atoms with Crippen LogP contribution in [0.4, 0.5) is 0 Å². The lowest BCUT2D eigenvalue weighted by Gasteiger charge is -2.44. The van der Waals surface area contributed by atoms with E-state index in [2.05, 4.69) is 36.5 Å². The average Bonchev–Trinajstić information content (AvgIpc) is 2.51. The fraction of sp³-hybridized carbons (Fsp3) is 0.650. The number of fused-ring (bicyclic) bond motifs is 3. The lowest BCUT2D eigenvalue weighted by molar-refractivity contribution is -0.124. The molecule has 0 radical (unpaired) electrons. The normalized spacial score (nSPS) is 36.1. The summed E-state index contributed by atoms with van der Waals surface area (Å²) in [7, 11) is 0. The summed E-state index contributed by atoms with van der Waals surface area (Å²) in [6, 6.07) is 8.83. The topological polar surface area (TPSA) is 29.1 Å². The Morgan fingerprint density at radius 3 is 2.86 bits per heavy atom. The first-order chi connectivity index (χ1) is 10.7. The molecular formula is C20H27NO. The Labute approximate surface area is 133 Å². The van der Waals surface area contributed by atoms with Crippen LogP contribution in [-0.2, 0) is 11.2 Å². The fourth-order valence-electron chi connectivity index (χ4n) is 5.13. The minimum Gasteiger partial charge on any atom is -0.353 e. The van der Waals surface area contributed by atoms with Crippen molar-refractivity contribution in [1.82, 2.24) is 5.32 Å². The quantitative estimate of drug-likeness (QED) is 0.896. The van der Waals surface area contributed by atoms with Crippen molar-refractivity contribution < 1.29 is 4.79 Å². The minimum absolute atomic E-state index is 0.111. The minimum atomic E-state index is 0.111. The van der Waals surface area contributed by atoms with Gasteiger partial charge in [-0.3, -0.25) is 4.79 Å². The summed E-state index contributed by atoms with van der Waals surface area (Å²) in [6.07, 6.45) is 8.87. The van der Waals surface area contributed by atoms with Crippen molar-refractivity contribution in [1.29, 1.82) is 0 Å². The van der Waals surface area contributed by atoms with Crippen LogP contribution in [0.15, 0.2) is 24.3 Å². The van der Waals surface area contributed by atoms with Gasteiger partial charge in [-0.1, -0.05) is 37.6 Å². The van der Waals surface area contributed by atoms with Crippen LogP contribution >= 0.6 is 0 Å². The van der Waals surface area contributed by atoms with Gasteiger partial charge in [-0.15, -0.1) is 0 Å². The van der Waals surface area contributed by atoms with E-state index in [4.69, 9.17) is 0 Å². The standard InChI is InChI=1S/C20H27NO/c1-2-13-9-14-7-8-19(16(10-13)11-14)21-20(22)18-12-15-5-3-4-6-17(15)18/h3-6,13-14,16,18-19H,2,7-12H2,1H3,(H,21,22). The number of rotatable bonds is 3. The Kier molecular flexibility index (Phi) is 3.71. The molecule has 2 bridgehead atoms. The van der Waals surface area contributed by atoms with Crippen molar-refractivity contribution in [2.45, 2.75) is 63.8 Å². The van der Waals surface area contributed by atoms with Crippen LogP contribution in [0.5, 0.6) is 0 Å². The van der Waals surface area contributed by atoms with Crippen molar-refractivity contribution in [3.63, 3.8) is 0 Å². The zero-order valence-electron chi connectivity index (χ0n) is 13.6. The van der Waals surface area contributed by atoms with Crippen LogP contribution in [-0.4, -0.2) is 11.9 Å². The summed E-state index contributed by atoms with van der Waals surface area (Å²) in [5.41, 5.74) is 2.61. The Hall–Kier alpha value is -1.31. The van der Waals surface area contributed by atoms with Crippen LogP contribution < -0.4 is 5.32 Å². The van der Waals surface area contributed by atoms with Crippen molar-refractivity contribution in [3.8, 4) is 0 Å². The highest BCUT2D eigenvalue weighted by molar-refractivity contribution is 5.87. The van der Waals surface area contributed by atoms with Crippen molar-refractivity contribution >= 4 is 5.91 Å². The SMILES string of the molecule is CCC1CC2CCC(NC(=O)C3Cc4ccccc43)C(C1)C2. The second kappa shape index (κ2) is 5.72. The molecular weight excluding hydrogens is 270 g/mol. The molecule has 5 atom stereocenters. The third-order valence-corrected chi connectivity index (χ3v) is 6.47. The summed E-state index contributed by atoms with van der Waals surface area (Å²) >= 11 is 0. The molecule has 3 aliphatic rings. The van der Waals surface area contributed by atoms with Crippen molar-refractivity contribution in [2.24, 2.45) is 17.8 Å². The first-order valence-electron chi connectivity index (χ1n) is 9.12. The van der Waals surface area contributed by atoms with E-state index in [1.807, 2.05) is 0 Å².